The second-order valence-electron chi connectivity index (χ2n) is 2.68. The Morgan fingerprint density at radius 2 is 2.07 bits per heavy atom. The Balaban J connectivity index is 2.39. The van der Waals surface area contributed by atoms with Crippen LogP contribution >= 0.6 is 12.2 Å². The molecule has 9 heteroatoms. The summed E-state index contributed by atoms with van der Waals surface area (Å²) in [5.41, 5.74) is -0.504. The largest absolute Gasteiger partial charge is 0.411 e. The molecular formula is C6H8F3N3O2S. The maximum absolute atomic E-state index is 11.7. The zero-order valence-corrected chi connectivity index (χ0v) is 8.24. The van der Waals surface area contributed by atoms with Gasteiger partial charge in [-0.15, -0.1) is 0 Å². The molecule has 0 aromatic carbocycles. The molecule has 0 spiro atoms. The van der Waals surface area contributed by atoms with Gasteiger partial charge in [-0.25, -0.2) is 9.89 Å². The lowest BCUT2D eigenvalue weighted by Gasteiger charge is -2.06. The molecular weight excluding hydrogens is 235 g/mol. The number of H-pyrrole nitrogens is 2. The van der Waals surface area contributed by atoms with Crippen molar-refractivity contribution in [2.45, 2.75) is 12.7 Å². The molecule has 15 heavy (non-hydrogen) atoms. The van der Waals surface area contributed by atoms with Crippen molar-refractivity contribution < 1.29 is 17.9 Å². The Kier molecular flexibility index (Phi) is 3.69. The molecule has 0 fully saturated rings. The standard InChI is InChI=1S/C6H8F3N3O2S/c7-6(8,9)3-14-2-1-12-4(13)10-11-5(12)15/h1-3H2,(H,10,13)(H,11,15). The number of nitrogens with zero attached hydrogens (tertiary/aromatic N) is 1. The number of alkyl halides is 3. The Hall–Kier alpha value is -1.09. The van der Waals surface area contributed by atoms with E-state index in [9.17, 15) is 18.0 Å². The predicted octanol–water partition coefficient (Wildman–Crippen LogP) is 0.813. The van der Waals surface area contributed by atoms with Crippen molar-refractivity contribution >= 4 is 12.2 Å². The number of ether oxygens (including phenoxy) is 1. The van der Waals surface area contributed by atoms with Crippen LogP contribution < -0.4 is 5.69 Å². The van der Waals surface area contributed by atoms with Gasteiger partial charge in [-0.2, -0.15) is 13.2 Å². The van der Waals surface area contributed by atoms with Crippen LogP contribution in [0.25, 0.3) is 0 Å². The van der Waals surface area contributed by atoms with Crippen LogP contribution in [0.4, 0.5) is 13.2 Å². The number of aromatic amines is 2. The summed E-state index contributed by atoms with van der Waals surface area (Å²) in [6.07, 6.45) is -4.36. The summed E-state index contributed by atoms with van der Waals surface area (Å²) in [4.78, 5) is 11.0. The number of rotatable bonds is 4. The predicted molar refractivity (Wildman–Crippen MR) is 47.1 cm³/mol. The second kappa shape index (κ2) is 4.62. The third-order valence-corrected chi connectivity index (χ3v) is 1.81. The zero-order valence-electron chi connectivity index (χ0n) is 7.43. The van der Waals surface area contributed by atoms with Gasteiger partial charge in [0.15, 0.2) is 4.77 Å². The monoisotopic (exact) mass is 243 g/mol. The second-order valence-corrected chi connectivity index (χ2v) is 3.07. The topological polar surface area (TPSA) is 62.8 Å². The lowest BCUT2D eigenvalue weighted by atomic mass is 10.6. The van der Waals surface area contributed by atoms with Crippen LogP contribution in [0.5, 0.6) is 0 Å². The van der Waals surface area contributed by atoms with Crippen molar-refractivity contribution in [1.29, 1.82) is 0 Å². The van der Waals surface area contributed by atoms with Crippen LogP contribution in [-0.2, 0) is 11.3 Å². The summed E-state index contributed by atoms with van der Waals surface area (Å²) in [5.74, 6) is 0. The number of hydrogen-bond acceptors (Lipinski definition) is 3. The van der Waals surface area contributed by atoms with Crippen LogP contribution in [-0.4, -0.2) is 34.2 Å². The van der Waals surface area contributed by atoms with Crippen molar-refractivity contribution in [2.75, 3.05) is 13.2 Å². The Morgan fingerprint density at radius 3 is 2.53 bits per heavy atom. The SMILES string of the molecule is O=c1[nH][nH]c(=S)n1CCOCC(F)(F)F. The van der Waals surface area contributed by atoms with Gasteiger partial charge in [-0.3, -0.25) is 9.67 Å². The van der Waals surface area contributed by atoms with Gasteiger partial charge in [0.1, 0.15) is 6.61 Å². The Morgan fingerprint density at radius 1 is 1.40 bits per heavy atom. The molecule has 0 unspecified atom stereocenters. The molecule has 0 saturated carbocycles. The average Bonchev–Trinajstić information content (AvgIpc) is 2.40. The number of aromatic nitrogens is 3. The van der Waals surface area contributed by atoms with E-state index >= 15 is 0 Å². The maximum Gasteiger partial charge on any atom is 0.411 e. The first-order valence-electron chi connectivity index (χ1n) is 3.92. The third kappa shape index (κ3) is 3.88. The molecule has 1 rings (SSSR count). The summed E-state index contributed by atoms with van der Waals surface area (Å²) in [7, 11) is 0. The summed E-state index contributed by atoms with van der Waals surface area (Å²) in [6.45, 7) is -1.58. The fraction of sp³-hybridized carbons (Fsp3) is 0.667. The molecule has 5 nitrogen and oxygen atoms in total. The first-order chi connectivity index (χ1) is 6.90. The van der Waals surface area contributed by atoms with E-state index in [0.29, 0.717) is 0 Å². The Labute approximate surface area is 86.8 Å². The maximum atomic E-state index is 11.7. The summed E-state index contributed by atoms with van der Waals surface area (Å²) < 4.78 is 40.5. The summed E-state index contributed by atoms with van der Waals surface area (Å²) in [6, 6.07) is 0. The molecule has 0 bridgehead atoms. The van der Waals surface area contributed by atoms with Crippen LogP contribution in [0.15, 0.2) is 4.79 Å². The van der Waals surface area contributed by atoms with Gasteiger partial charge in [-0.1, -0.05) is 0 Å². The van der Waals surface area contributed by atoms with E-state index < -0.39 is 18.5 Å². The molecule has 2 N–H and O–H groups in total. The molecule has 0 radical (unpaired) electrons. The molecule has 0 aliphatic carbocycles. The lowest BCUT2D eigenvalue weighted by Crippen LogP contribution is -2.23. The minimum absolute atomic E-state index is 0.0201. The van der Waals surface area contributed by atoms with Crippen molar-refractivity contribution in [1.82, 2.24) is 14.8 Å². The van der Waals surface area contributed by atoms with E-state index in [1.165, 1.54) is 0 Å². The fourth-order valence-electron chi connectivity index (χ4n) is 0.881. The summed E-state index contributed by atoms with van der Waals surface area (Å²) in [5, 5.41) is 4.55. The van der Waals surface area contributed by atoms with Gasteiger partial charge < -0.3 is 4.74 Å². The van der Waals surface area contributed by atoms with Crippen molar-refractivity contribution in [3.05, 3.63) is 15.3 Å². The highest BCUT2D eigenvalue weighted by molar-refractivity contribution is 7.71. The molecule has 1 heterocycles. The molecule has 1 aromatic heterocycles. The number of halogens is 3. The van der Waals surface area contributed by atoms with Gasteiger partial charge in [0, 0.05) is 0 Å². The first kappa shape index (κ1) is 12.0. The van der Waals surface area contributed by atoms with Crippen LogP contribution in [0, 0.1) is 4.77 Å². The fourth-order valence-corrected chi connectivity index (χ4v) is 1.11. The molecule has 0 saturated heterocycles. The van der Waals surface area contributed by atoms with E-state index in [0.717, 1.165) is 4.57 Å². The highest BCUT2D eigenvalue weighted by Crippen LogP contribution is 2.14. The highest BCUT2D eigenvalue weighted by atomic mass is 32.1. The normalized spacial score (nSPS) is 11.9. The highest BCUT2D eigenvalue weighted by Gasteiger charge is 2.27. The smallest absolute Gasteiger partial charge is 0.370 e. The van der Waals surface area contributed by atoms with Crippen molar-refractivity contribution in [3.8, 4) is 0 Å². The first-order valence-corrected chi connectivity index (χ1v) is 4.33. The number of hydrogen-bond donors (Lipinski definition) is 2. The quantitative estimate of drug-likeness (QED) is 0.607. The zero-order chi connectivity index (χ0) is 11.5. The minimum Gasteiger partial charge on any atom is -0.370 e. The lowest BCUT2D eigenvalue weighted by molar-refractivity contribution is -0.174. The van der Waals surface area contributed by atoms with E-state index in [4.69, 9.17) is 12.2 Å². The third-order valence-electron chi connectivity index (χ3n) is 1.49. The van der Waals surface area contributed by atoms with E-state index in [1.54, 1.807) is 0 Å². The molecule has 0 amide bonds. The molecule has 0 atom stereocenters. The Bertz CT molecular complexity index is 391. The van der Waals surface area contributed by atoms with Gasteiger partial charge >= 0.3 is 11.9 Å². The molecule has 86 valence electrons. The van der Waals surface area contributed by atoms with Crippen molar-refractivity contribution in [3.63, 3.8) is 0 Å². The molecule has 1 aromatic rings. The van der Waals surface area contributed by atoms with Crippen LogP contribution in [0.2, 0.25) is 0 Å². The van der Waals surface area contributed by atoms with Crippen LogP contribution in [0.3, 0.4) is 0 Å². The average molecular weight is 243 g/mol. The van der Waals surface area contributed by atoms with E-state index in [2.05, 4.69) is 14.9 Å². The molecule has 0 aliphatic heterocycles. The van der Waals surface area contributed by atoms with Gasteiger partial charge in [0.25, 0.3) is 0 Å². The number of nitrogens with one attached hydrogen (secondary N) is 2. The van der Waals surface area contributed by atoms with Gasteiger partial charge in [-0.05, 0) is 12.2 Å². The summed E-state index contributed by atoms with van der Waals surface area (Å²) >= 11 is 4.69. The van der Waals surface area contributed by atoms with E-state index in [-0.39, 0.29) is 17.9 Å². The van der Waals surface area contributed by atoms with Crippen LogP contribution in [0.1, 0.15) is 0 Å². The van der Waals surface area contributed by atoms with Gasteiger partial charge in [0.05, 0.1) is 13.2 Å². The molecule has 0 aliphatic rings. The minimum atomic E-state index is -4.36. The van der Waals surface area contributed by atoms with Crippen molar-refractivity contribution in [2.24, 2.45) is 0 Å². The van der Waals surface area contributed by atoms with E-state index in [1.807, 2.05) is 0 Å². The van der Waals surface area contributed by atoms with Gasteiger partial charge in [0.2, 0.25) is 0 Å².